The minimum absolute atomic E-state index is 0.818. The first-order chi connectivity index (χ1) is 13.6. The van der Waals surface area contributed by atoms with Crippen LogP contribution in [0, 0.1) is 13.8 Å². The number of nitrogens with zero attached hydrogens (tertiary/aromatic N) is 5. The lowest BCUT2D eigenvalue weighted by molar-refractivity contribution is 0.816. The second-order valence-corrected chi connectivity index (χ2v) is 7.22. The zero-order valence-corrected chi connectivity index (χ0v) is 16.9. The molecule has 0 aliphatic carbocycles. The largest absolute Gasteiger partial charge is 0.316 e. The standard InChI is InChI=1S/C22H26N6/c1-5-21-20(22-25-15(2)10-16(3)28(22)26-21)11-17-6-8-19(9-7-17)27-14-18(12-23-4)13-24-27/h6-10,13-14,23H,5,11-12H2,1-4H3. The lowest BCUT2D eigenvalue weighted by Gasteiger charge is -2.06. The fraction of sp³-hybridized carbons (Fsp3) is 0.318. The van der Waals surface area contributed by atoms with E-state index in [4.69, 9.17) is 10.1 Å². The van der Waals surface area contributed by atoms with Crippen LogP contribution in [-0.4, -0.2) is 31.4 Å². The maximum absolute atomic E-state index is 4.79. The molecule has 28 heavy (non-hydrogen) atoms. The lowest BCUT2D eigenvalue weighted by Crippen LogP contribution is -2.03. The lowest BCUT2D eigenvalue weighted by atomic mass is 10.0. The van der Waals surface area contributed by atoms with Crippen molar-refractivity contribution in [2.24, 2.45) is 0 Å². The maximum Gasteiger partial charge on any atom is 0.159 e. The Morgan fingerprint density at radius 2 is 1.86 bits per heavy atom. The van der Waals surface area contributed by atoms with Gasteiger partial charge in [0.25, 0.3) is 0 Å². The van der Waals surface area contributed by atoms with Crippen molar-refractivity contribution >= 4 is 5.65 Å². The van der Waals surface area contributed by atoms with Crippen LogP contribution in [0.4, 0.5) is 0 Å². The molecule has 0 atom stereocenters. The van der Waals surface area contributed by atoms with Gasteiger partial charge in [-0.25, -0.2) is 14.2 Å². The fourth-order valence-electron chi connectivity index (χ4n) is 3.64. The van der Waals surface area contributed by atoms with E-state index in [1.807, 2.05) is 29.4 Å². The van der Waals surface area contributed by atoms with Gasteiger partial charge < -0.3 is 5.32 Å². The molecule has 0 saturated heterocycles. The molecule has 4 aromatic rings. The smallest absolute Gasteiger partial charge is 0.159 e. The average Bonchev–Trinajstić information content (AvgIpc) is 3.28. The summed E-state index contributed by atoms with van der Waals surface area (Å²) in [6.45, 7) is 7.09. The summed E-state index contributed by atoms with van der Waals surface area (Å²) in [6, 6.07) is 10.6. The second kappa shape index (κ2) is 7.56. The molecule has 0 unspecified atom stereocenters. The minimum Gasteiger partial charge on any atom is -0.316 e. The Morgan fingerprint density at radius 3 is 2.57 bits per heavy atom. The van der Waals surface area contributed by atoms with E-state index in [-0.39, 0.29) is 0 Å². The van der Waals surface area contributed by atoms with Gasteiger partial charge >= 0.3 is 0 Å². The first-order valence-corrected chi connectivity index (χ1v) is 9.71. The van der Waals surface area contributed by atoms with Crippen molar-refractivity contribution in [3.8, 4) is 5.69 Å². The first-order valence-electron chi connectivity index (χ1n) is 9.71. The molecule has 1 aromatic carbocycles. The third kappa shape index (κ3) is 3.43. The monoisotopic (exact) mass is 374 g/mol. The van der Waals surface area contributed by atoms with Gasteiger partial charge in [-0.15, -0.1) is 0 Å². The van der Waals surface area contributed by atoms with Gasteiger partial charge in [-0.3, -0.25) is 0 Å². The van der Waals surface area contributed by atoms with Crippen LogP contribution in [0.1, 0.15) is 40.7 Å². The van der Waals surface area contributed by atoms with Crippen molar-refractivity contribution in [1.82, 2.24) is 29.7 Å². The van der Waals surface area contributed by atoms with Gasteiger partial charge in [-0.2, -0.15) is 10.2 Å². The normalized spacial score (nSPS) is 11.4. The van der Waals surface area contributed by atoms with Crippen LogP contribution in [0.2, 0.25) is 0 Å². The Labute approximate surface area is 165 Å². The Bertz CT molecular complexity index is 1100. The summed E-state index contributed by atoms with van der Waals surface area (Å²) in [5.74, 6) is 0. The van der Waals surface area contributed by atoms with Crippen LogP contribution >= 0.6 is 0 Å². The number of hydrogen-bond donors (Lipinski definition) is 1. The van der Waals surface area contributed by atoms with Crippen LogP contribution < -0.4 is 5.32 Å². The van der Waals surface area contributed by atoms with Crippen molar-refractivity contribution in [1.29, 1.82) is 0 Å². The van der Waals surface area contributed by atoms with Crippen LogP contribution in [-0.2, 0) is 19.4 Å². The Balaban J connectivity index is 1.64. The number of nitrogens with one attached hydrogen (secondary N) is 1. The number of fused-ring (bicyclic) bond motifs is 1. The molecule has 0 spiro atoms. The third-order valence-corrected chi connectivity index (χ3v) is 5.01. The van der Waals surface area contributed by atoms with E-state index in [0.29, 0.717) is 0 Å². The number of benzene rings is 1. The molecular formula is C22H26N6. The van der Waals surface area contributed by atoms with E-state index in [0.717, 1.165) is 47.8 Å². The summed E-state index contributed by atoms with van der Waals surface area (Å²) in [5.41, 5.74) is 8.94. The molecule has 0 fully saturated rings. The van der Waals surface area contributed by atoms with Gasteiger partial charge in [0.05, 0.1) is 17.6 Å². The quantitative estimate of drug-likeness (QED) is 0.562. The molecule has 0 radical (unpaired) electrons. The highest BCUT2D eigenvalue weighted by Gasteiger charge is 2.15. The van der Waals surface area contributed by atoms with Crippen LogP contribution in [0.15, 0.2) is 42.7 Å². The molecule has 0 aliphatic rings. The molecule has 6 nitrogen and oxygen atoms in total. The van der Waals surface area contributed by atoms with Crippen LogP contribution in [0.3, 0.4) is 0 Å². The minimum atomic E-state index is 0.818. The van der Waals surface area contributed by atoms with Crippen molar-refractivity contribution in [2.75, 3.05) is 7.05 Å². The zero-order chi connectivity index (χ0) is 19.7. The highest BCUT2D eigenvalue weighted by Crippen LogP contribution is 2.22. The second-order valence-electron chi connectivity index (χ2n) is 7.22. The molecule has 3 heterocycles. The van der Waals surface area contributed by atoms with E-state index >= 15 is 0 Å². The van der Waals surface area contributed by atoms with Crippen molar-refractivity contribution in [2.45, 2.75) is 40.2 Å². The van der Waals surface area contributed by atoms with Gasteiger partial charge in [0.15, 0.2) is 5.65 Å². The summed E-state index contributed by atoms with van der Waals surface area (Å²) in [7, 11) is 1.94. The number of aryl methyl sites for hydroxylation is 3. The van der Waals surface area contributed by atoms with Crippen molar-refractivity contribution in [3.05, 3.63) is 76.5 Å². The van der Waals surface area contributed by atoms with Gasteiger partial charge in [0, 0.05) is 41.7 Å². The molecule has 0 aliphatic heterocycles. The first kappa shape index (κ1) is 18.4. The molecule has 0 saturated carbocycles. The molecule has 0 amide bonds. The van der Waals surface area contributed by atoms with Crippen molar-refractivity contribution in [3.63, 3.8) is 0 Å². The zero-order valence-electron chi connectivity index (χ0n) is 16.9. The molecular weight excluding hydrogens is 348 g/mol. The summed E-state index contributed by atoms with van der Waals surface area (Å²) in [4.78, 5) is 4.77. The molecule has 4 rings (SSSR count). The topological polar surface area (TPSA) is 60.0 Å². The highest BCUT2D eigenvalue weighted by molar-refractivity contribution is 5.54. The molecule has 144 valence electrons. The third-order valence-electron chi connectivity index (χ3n) is 5.01. The number of rotatable bonds is 6. The molecule has 6 heteroatoms. The summed E-state index contributed by atoms with van der Waals surface area (Å²) in [6.07, 6.45) is 5.68. The summed E-state index contributed by atoms with van der Waals surface area (Å²) < 4.78 is 3.89. The van der Waals surface area contributed by atoms with E-state index < -0.39 is 0 Å². The SMILES string of the molecule is CCc1nn2c(C)cc(C)nc2c1Cc1ccc(-n2cc(CNC)cn2)cc1. The maximum atomic E-state index is 4.79. The predicted octanol–water partition coefficient (Wildman–Crippen LogP) is 3.40. The van der Waals surface area contributed by atoms with E-state index in [1.165, 1.54) is 16.7 Å². The Hall–Kier alpha value is -2.99. The van der Waals surface area contributed by atoms with Gasteiger partial charge in [0.2, 0.25) is 0 Å². The highest BCUT2D eigenvalue weighted by atomic mass is 15.3. The molecule has 3 aromatic heterocycles. The average molecular weight is 374 g/mol. The van der Waals surface area contributed by atoms with Crippen molar-refractivity contribution < 1.29 is 0 Å². The number of aromatic nitrogens is 5. The summed E-state index contributed by atoms with van der Waals surface area (Å²) in [5, 5.41) is 12.4. The molecule has 1 N–H and O–H groups in total. The van der Waals surface area contributed by atoms with Gasteiger partial charge in [-0.05, 0) is 51.1 Å². The van der Waals surface area contributed by atoms with E-state index in [9.17, 15) is 0 Å². The fourth-order valence-corrected chi connectivity index (χ4v) is 3.64. The Morgan fingerprint density at radius 1 is 1.07 bits per heavy atom. The predicted molar refractivity (Wildman–Crippen MR) is 111 cm³/mol. The van der Waals surface area contributed by atoms with Crippen LogP contribution in [0.5, 0.6) is 0 Å². The van der Waals surface area contributed by atoms with Gasteiger partial charge in [-0.1, -0.05) is 19.1 Å². The van der Waals surface area contributed by atoms with Gasteiger partial charge in [0.1, 0.15) is 0 Å². The van der Waals surface area contributed by atoms with E-state index in [2.05, 4.69) is 60.8 Å². The summed E-state index contributed by atoms with van der Waals surface area (Å²) >= 11 is 0. The van der Waals surface area contributed by atoms with Crippen LogP contribution in [0.25, 0.3) is 11.3 Å². The number of hydrogen-bond acceptors (Lipinski definition) is 4. The molecule has 0 bridgehead atoms. The van der Waals surface area contributed by atoms with E-state index in [1.54, 1.807) is 0 Å². The Kier molecular flexibility index (Phi) is 4.96.